The standard InChI is InChI=1S/C24H26ClNO4S2/c1-4-15(3)17-8-6-7-9-19(17)29-10-11-30-22-18(25)12-16(13-20(22)28-5-2)14-21-23(27)26-24(31)32-21/h6-9,12-15H,4-5,10-11H2,1-3H3,(H,26,27,31)/b21-14-/t15-/m1/s1. The Morgan fingerprint density at radius 2 is 1.88 bits per heavy atom. The van der Waals surface area contributed by atoms with E-state index in [1.54, 1.807) is 18.2 Å². The van der Waals surface area contributed by atoms with Crippen LogP contribution < -0.4 is 19.5 Å². The van der Waals surface area contributed by atoms with E-state index in [-0.39, 0.29) is 5.91 Å². The quantitative estimate of drug-likeness (QED) is 0.242. The van der Waals surface area contributed by atoms with Crippen molar-refractivity contribution in [3.05, 3.63) is 57.5 Å². The molecule has 0 bridgehead atoms. The minimum absolute atomic E-state index is 0.218. The maximum atomic E-state index is 11.9. The van der Waals surface area contributed by atoms with Gasteiger partial charge in [-0.05, 0) is 54.7 Å². The highest BCUT2D eigenvalue weighted by molar-refractivity contribution is 8.26. The number of benzene rings is 2. The molecule has 1 saturated heterocycles. The minimum Gasteiger partial charge on any atom is -0.490 e. The second kappa shape index (κ2) is 11.6. The minimum atomic E-state index is -0.218. The Labute approximate surface area is 203 Å². The van der Waals surface area contributed by atoms with Crippen molar-refractivity contribution in [2.75, 3.05) is 19.8 Å². The fourth-order valence-corrected chi connectivity index (χ4v) is 4.50. The lowest BCUT2D eigenvalue weighted by Crippen LogP contribution is -2.17. The number of thioether (sulfide) groups is 1. The third-order valence-electron chi connectivity index (χ3n) is 4.92. The number of rotatable bonds is 10. The molecule has 1 fully saturated rings. The van der Waals surface area contributed by atoms with Crippen LogP contribution in [-0.4, -0.2) is 30.0 Å². The first-order chi connectivity index (χ1) is 15.4. The van der Waals surface area contributed by atoms with Crippen LogP contribution >= 0.6 is 35.6 Å². The number of ether oxygens (including phenoxy) is 3. The number of nitrogens with one attached hydrogen (secondary N) is 1. The summed E-state index contributed by atoms with van der Waals surface area (Å²) in [5.74, 6) is 2.03. The maximum absolute atomic E-state index is 11.9. The van der Waals surface area contributed by atoms with Crippen molar-refractivity contribution in [1.82, 2.24) is 5.32 Å². The van der Waals surface area contributed by atoms with E-state index in [2.05, 4.69) is 25.2 Å². The van der Waals surface area contributed by atoms with Crippen molar-refractivity contribution in [2.45, 2.75) is 33.1 Å². The molecule has 0 aromatic heterocycles. The van der Waals surface area contributed by atoms with Gasteiger partial charge in [-0.25, -0.2) is 0 Å². The van der Waals surface area contributed by atoms with Crippen molar-refractivity contribution in [2.24, 2.45) is 0 Å². The number of amides is 1. The predicted molar refractivity (Wildman–Crippen MR) is 135 cm³/mol. The van der Waals surface area contributed by atoms with Gasteiger partial charge < -0.3 is 19.5 Å². The molecule has 32 heavy (non-hydrogen) atoms. The van der Waals surface area contributed by atoms with Gasteiger partial charge in [-0.3, -0.25) is 4.79 Å². The average Bonchev–Trinajstić information content (AvgIpc) is 3.09. The molecule has 0 saturated carbocycles. The first kappa shape index (κ1) is 24.4. The predicted octanol–water partition coefficient (Wildman–Crippen LogP) is 6.20. The van der Waals surface area contributed by atoms with Crippen LogP contribution in [0.3, 0.4) is 0 Å². The summed E-state index contributed by atoms with van der Waals surface area (Å²) in [6.45, 7) is 7.36. The summed E-state index contributed by atoms with van der Waals surface area (Å²) in [6, 6.07) is 11.6. The molecule has 170 valence electrons. The van der Waals surface area contributed by atoms with Crippen molar-refractivity contribution in [3.63, 3.8) is 0 Å². The number of hydrogen-bond donors (Lipinski definition) is 1. The zero-order valence-electron chi connectivity index (χ0n) is 18.3. The molecule has 5 nitrogen and oxygen atoms in total. The summed E-state index contributed by atoms with van der Waals surface area (Å²) in [5, 5.41) is 3.00. The Morgan fingerprint density at radius 1 is 1.12 bits per heavy atom. The number of para-hydroxylation sites is 1. The number of halogens is 1. The fourth-order valence-electron chi connectivity index (χ4n) is 3.18. The van der Waals surface area contributed by atoms with Gasteiger partial charge in [-0.1, -0.05) is 67.6 Å². The average molecular weight is 492 g/mol. The summed E-state index contributed by atoms with van der Waals surface area (Å²) in [5.41, 5.74) is 1.92. The van der Waals surface area contributed by atoms with Gasteiger partial charge >= 0.3 is 0 Å². The van der Waals surface area contributed by atoms with Crippen molar-refractivity contribution in [1.29, 1.82) is 0 Å². The number of hydrogen-bond acceptors (Lipinski definition) is 6. The lowest BCUT2D eigenvalue weighted by Gasteiger charge is -2.17. The Kier molecular flexibility index (Phi) is 8.84. The van der Waals surface area contributed by atoms with Crippen LogP contribution in [0, 0.1) is 0 Å². The van der Waals surface area contributed by atoms with Crippen LogP contribution in [0.25, 0.3) is 6.08 Å². The molecule has 1 N–H and O–H groups in total. The van der Waals surface area contributed by atoms with Crippen LogP contribution in [0.4, 0.5) is 0 Å². The second-order valence-corrected chi connectivity index (χ2v) is 9.29. The van der Waals surface area contributed by atoms with Crippen molar-refractivity contribution < 1.29 is 19.0 Å². The third-order valence-corrected chi connectivity index (χ3v) is 6.36. The van der Waals surface area contributed by atoms with E-state index in [0.29, 0.717) is 51.5 Å². The Balaban J connectivity index is 1.70. The Hall–Kier alpha value is -2.22. The van der Waals surface area contributed by atoms with Gasteiger partial charge in [0.1, 0.15) is 23.3 Å². The SMILES string of the molecule is CCOc1cc(/C=C2\SC(=S)NC2=O)cc(Cl)c1OCCOc1ccccc1[C@H](C)CC. The van der Waals surface area contributed by atoms with Crippen molar-refractivity contribution >= 4 is 51.9 Å². The lowest BCUT2D eigenvalue weighted by molar-refractivity contribution is -0.115. The highest BCUT2D eigenvalue weighted by Gasteiger charge is 2.22. The molecule has 0 aliphatic carbocycles. The van der Waals surface area contributed by atoms with E-state index in [1.807, 2.05) is 25.1 Å². The van der Waals surface area contributed by atoms with E-state index >= 15 is 0 Å². The molecule has 2 aromatic rings. The zero-order chi connectivity index (χ0) is 23.1. The van der Waals surface area contributed by atoms with Gasteiger partial charge in [0, 0.05) is 0 Å². The molecule has 3 rings (SSSR count). The van der Waals surface area contributed by atoms with Crippen LogP contribution in [0.15, 0.2) is 41.3 Å². The molecule has 1 heterocycles. The molecule has 0 radical (unpaired) electrons. The maximum Gasteiger partial charge on any atom is 0.263 e. The van der Waals surface area contributed by atoms with E-state index in [1.165, 1.54) is 17.3 Å². The topological polar surface area (TPSA) is 56.8 Å². The monoisotopic (exact) mass is 491 g/mol. The first-order valence-corrected chi connectivity index (χ1v) is 12.1. The molecule has 2 aromatic carbocycles. The summed E-state index contributed by atoms with van der Waals surface area (Å²) < 4.78 is 18.1. The molecule has 0 unspecified atom stereocenters. The lowest BCUT2D eigenvalue weighted by atomic mass is 9.98. The number of thiocarbonyl (C=S) groups is 1. The number of carbonyl (C=O) groups excluding carboxylic acids is 1. The van der Waals surface area contributed by atoms with Crippen LogP contribution in [0.5, 0.6) is 17.2 Å². The van der Waals surface area contributed by atoms with Gasteiger partial charge in [-0.2, -0.15) is 0 Å². The molecular weight excluding hydrogens is 466 g/mol. The molecule has 1 atom stereocenters. The molecule has 1 aliphatic heterocycles. The fraction of sp³-hybridized carbons (Fsp3) is 0.333. The molecule has 8 heteroatoms. The van der Waals surface area contributed by atoms with E-state index in [9.17, 15) is 4.79 Å². The van der Waals surface area contributed by atoms with Gasteiger partial charge in [0.2, 0.25) is 0 Å². The van der Waals surface area contributed by atoms with E-state index in [0.717, 1.165) is 17.7 Å². The van der Waals surface area contributed by atoms with Gasteiger partial charge in [0.05, 0.1) is 16.5 Å². The summed E-state index contributed by atoms with van der Waals surface area (Å²) in [4.78, 5) is 12.4. The molecular formula is C24H26ClNO4S2. The Bertz CT molecular complexity index is 1030. The highest BCUT2D eigenvalue weighted by atomic mass is 35.5. The van der Waals surface area contributed by atoms with Crippen LogP contribution in [0.2, 0.25) is 5.02 Å². The Morgan fingerprint density at radius 3 is 2.56 bits per heavy atom. The van der Waals surface area contributed by atoms with Gasteiger partial charge in [0.25, 0.3) is 5.91 Å². The largest absolute Gasteiger partial charge is 0.490 e. The van der Waals surface area contributed by atoms with E-state index in [4.69, 9.17) is 38.0 Å². The molecule has 1 aliphatic rings. The van der Waals surface area contributed by atoms with Crippen LogP contribution in [-0.2, 0) is 4.79 Å². The third kappa shape index (κ3) is 6.18. The molecule has 0 spiro atoms. The smallest absolute Gasteiger partial charge is 0.263 e. The summed E-state index contributed by atoms with van der Waals surface area (Å²) in [7, 11) is 0. The zero-order valence-corrected chi connectivity index (χ0v) is 20.7. The van der Waals surface area contributed by atoms with Crippen LogP contribution in [0.1, 0.15) is 44.2 Å². The summed E-state index contributed by atoms with van der Waals surface area (Å²) >= 11 is 12.7. The number of carbonyl (C=O) groups is 1. The molecule has 1 amide bonds. The first-order valence-electron chi connectivity index (χ1n) is 10.5. The van der Waals surface area contributed by atoms with E-state index < -0.39 is 0 Å². The normalized spacial score (nSPS) is 15.6. The van der Waals surface area contributed by atoms with Gasteiger partial charge in [-0.15, -0.1) is 0 Å². The second-order valence-electron chi connectivity index (χ2n) is 7.16. The van der Waals surface area contributed by atoms with Crippen molar-refractivity contribution in [3.8, 4) is 17.2 Å². The van der Waals surface area contributed by atoms with Gasteiger partial charge in [0.15, 0.2) is 11.5 Å². The highest BCUT2D eigenvalue weighted by Crippen LogP contribution is 2.38. The summed E-state index contributed by atoms with van der Waals surface area (Å²) in [6.07, 6.45) is 2.77.